The lowest BCUT2D eigenvalue weighted by atomic mass is 9.78. The van der Waals surface area contributed by atoms with E-state index in [2.05, 4.69) is 14.9 Å². The molecule has 3 heterocycles. The molecule has 2 aliphatic rings. The number of nitrogens with zero attached hydrogens (tertiary/aromatic N) is 3. The van der Waals surface area contributed by atoms with Crippen molar-refractivity contribution in [3.8, 4) is 5.19 Å². The Kier molecular flexibility index (Phi) is 8.29. The number of Topliss-reactive ketones (excluding diaryl/α,β-unsaturated/α-hetero) is 1. The smallest absolute Gasteiger partial charge is 0.422 e. The van der Waals surface area contributed by atoms with E-state index >= 15 is 0 Å². The first kappa shape index (κ1) is 25.2. The van der Waals surface area contributed by atoms with Gasteiger partial charge in [0, 0.05) is 30.8 Å². The third kappa shape index (κ3) is 7.53. The number of ketones is 1. The first-order chi connectivity index (χ1) is 16.2. The SMILES string of the molecule is Cc1cnc(CC(=O)CC2CCC(CCN3CCc4nc(OCC(F)(F)F)sc4CC3)CC2)o1. The number of hydrogen-bond donors (Lipinski definition) is 0. The number of carbonyl (C=O) groups is 1. The largest absolute Gasteiger partial charge is 0.460 e. The molecule has 1 aliphatic carbocycles. The molecular weight excluding hydrogens is 467 g/mol. The van der Waals surface area contributed by atoms with Crippen molar-refractivity contribution in [3.63, 3.8) is 0 Å². The van der Waals surface area contributed by atoms with Gasteiger partial charge in [-0.05, 0) is 51.0 Å². The van der Waals surface area contributed by atoms with Gasteiger partial charge in [0.2, 0.25) is 5.89 Å². The van der Waals surface area contributed by atoms with E-state index in [-0.39, 0.29) is 11.0 Å². The van der Waals surface area contributed by atoms with Gasteiger partial charge in [-0.25, -0.2) is 9.97 Å². The summed E-state index contributed by atoms with van der Waals surface area (Å²) in [7, 11) is 0. The predicted molar refractivity (Wildman–Crippen MR) is 122 cm³/mol. The summed E-state index contributed by atoms with van der Waals surface area (Å²) >= 11 is 1.25. The van der Waals surface area contributed by atoms with Gasteiger partial charge in [0.05, 0.1) is 18.3 Å². The van der Waals surface area contributed by atoms with Crippen LogP contribution >= 0.6 is 11.3 Å². The maximum atomic E-state index is 12.4. The van der Waals surface area contributed by atoms with E-state index in [4.69, 9.17) is 9.15 Å². The van der Waals surface area contributed by atoms with E-state index in [1.54, 1.807) is 6.20 Å². The van der Waals surface area contributed by atoms with Gasteiger partial charge in [-0.1, -0.05) is 24.2 Å². The third-order valence-electron chi connectivity index (χ3n) is 6.79. The van der Waals surface area contributed by atoms with Gasteiger partial charge in [-0.3, -0.25) is 4.79 Å². The Balaban J connectivity index is 1.13. The Morgan fingerprint density at radius 2 is 1.94 bits per heavy atom. The van der Waals surface area contributed by atoms with Crippen molar-refractivity contribution >= 4 is 17.1 Å². The minimum Gasteiger partial charge on any atom is -0.460 e. The van der Waals surface area contributed by atoms with Crippen LogP contribution in [0, 0.1) is 18.8 Å². The molecule has 2 aromatic rings. The van der Waals surface area contributed by atoms with Gasteiger partial charge < -0.3 is 14.1 Å². The lowest BCUT2D eigenvalue weighted by Crippen LogP contribution is -2.30. The molecule has 1 aliphatic heterocycles. The van der Waals surface area contributed by atoms with Crippen LogP contribution in [0.25, 0.3) is 0 Å². The van der Waals surface area contributed by atoms with Crippen LogP contribution in [0.2, 0.25) is 0 Å². The summed E-state index contributed by atoms with van der Waals surface area (Å²) in [6.07, 6.45) is 5.45. The van der Waals surface area contributed by atoms with Crippen LogP contribution < -0.4 is 4.74 Å². The molecule has 0 aromatic carbocycles. The molecular formula is C24H32F3N3O3S. The molecule has 4 rings (SSSR count). The predicted octanol–water partition coefficient (Wildman–Crippen LogP) is 5.18. The molecule has 34 heavy (non-hydrogen) atoms. The lowest BCUT2D eigenvalue weighted by Gasteiger charge is -2.30. The van der Waals surface area contributed by atoms with Crippen LogP contribution in [0.5, 0.6) is 5.19 Å². The van der Waals surface area contributed by atoms with Crippen molar-refractivity contribution in [1.82, 2.24) is 14.9 Å². The van der Waals surface area contributed by atoms with Crippen LogP contribution in [0.15, 0.2) is 10.6 Å². The molecule has 0 bridgehead atoms. The van der Waals surface area contributed by atoms with E-state index in [9.17, 15) is 18.0 Å². The highest BCUT2D eigenvalue weighted by Gasteiger charge is 2.30. The molecule has 6 nitrogen and oxygen atoms in total. The summed E-state index contributed by atoms with van der Waals surface area (Å²) in [4.78, 5) is 24.2. The van der Waals surface area contributed by atoms with Gasteiger partial charge in [0.15, 0.2) is 6.61 Å². The normalized spacial score (nSPS) is 21.8. The molecule has 0 N–H and O–H groups in total. The van der Waals surface area contributed by atoms with Crippen molar-refractivity contribution in [2.45, 2.75) is 70.9 Å². The Labute approximate surface area is 201 Å². The van der Waals surface area contributed by atoms with Crippen molar-refractivity contribution in [2.75, 3.05) is 26.2 Å². The molecule has 0 saturated heterocycles. The molecule has 1 saturated carbocycles. The third-order valence-corrected chi connectivity index (χ3v) is 7.86. The highest BCUT2D eigenvalue weighted by molar-refractivity contribution is 7.13. The van der Waals surface area contributed by atoms with Crippen LogP contribution in [0.4, 0.5) is 13.2 Å². The standard InChI is InChI=1S/C24H32F3N3O3S/c1-16-14-28-22(33-16)13-19(31)12-18-4-2-17(3-5-18)6-9-30-10-7-20-21(8-11-30)34-23(29-20)32-15-24(25,26)27/h14,17-18H,2-13,15H2,1H3. The quantitative estimate of drug-likeness (QED) is 0.474. The maximum absolute atomic E-state index is 12.4. The fourth-order valence-electron chi connectivity index (χ4n) is 4.95. The summed E-state index contributed by atoms with van der Waals surface area (Å²) in [6.45, 7) is 3.35. The van der Waals surface area contributed by atoms with Crippen LogP contribution in [0.1, 0.15) is 60.7 Å². The first-order valence-electron chi connectivity index (χ1n) is 12.1. The number of oxazole rings is 1. The van der Waals surface area contributed by atoms with Gasteiger partial charge in [0.25, 0.3) is 5.19 Å². The Hall–Kier alpha value is -1.94. The minimum absolute atomic E-state index is 0.126. The van der Waals surface area contributed by atoms with Gasteiger partial charge in [0.1, 0.15) is 11.5 Å². The lowest BCUT2D eigenvalue weighted by molar-refractivity contribution is -0.153. The second-order valence-electron chi connectivity index (χ2n) is 9.55. The van der Waals surface area contributed by atoms with Crippen LogP contribution in [-0.4, -0.2) is 53.1 Å². The number of halogens is 3. The fourth-order valence-corrected chi connectivity index (χ4v) is 5.89. The number of carbonyl (C=O) groups excluding carboxylic acids is 1. The molecule has 0 spiro atoms. The number of aromatic nitrogens is 2. The average Bonchev–Trinajstić information content (AvgIpc) is 3.32. The number of thiazole rings is 1. The average molecular weight is 500 g/mol. The Morgan fingerprint density at radius 3 is 2.65 bits per heavy atom. The van der Waals surface area contributed by atoms with Crippen molar-refractivity contribution in [2.24, 2.45) is 11.8 Å². The molecule has 0 amide bonds. The second-order valence-corrected chi connectivity index (χ2v) is 10.6. The van der Waals surface area contributed by atoms with Crippen LogP contribution in [-0.2, 0) is 24.1 Å². The van der Waals surface area contributed by atoms with Gasteiger partial charge >= 0.3 is 6.18 Å². The summed E-state index contributed by atoms with van der Waals surface area (Å²) in [5, 5.41) is 0.126. The summed E-state index contributed by atoms with van der Waals surface area (Å²) in [6, 6.07) is 0. The molecule has 188 valence electrons. The highest BCUT2D eigenvalue weighted by Crippen LogP contribution is 2.34. The Morgan fingerprint density at radius 1 is 1.21 bits per heavy atom. The van der Waals surface area contributed by atoms with E-state index in [0.717, 1.165) is 68.1 Å². The number of ether oxygens (including phenoxy) is 1. The van der Waals surface area contributed by atoms with Gasteiger partial charge in [-0.2, -0.15) is 13.2 Å². The molecule has 0 unspecified atom stereocenters. The minimum atomic E-state index is -4.34. The number of alkyl halides is 3. The second kappa shape index (κ2) is 11.2. The zero-order chi connectivity index (χ0) is 24.1. The highest BCUT2D eigenvalue weighted by atomic mass is 32.1. The number of rotatable bonds is 9. The van der Waals surface area contributed by atoms with Crippen molar-refractivity contribution in [3.05, 3.63) is 28.4 Å². The summed E-state index contributed by atoms with van der Waals surface area (Å²) in [5.41, 5.74) is 0.884. The van der Waals surface area contributed by atoms with Crippen molar-refractivity contribution in [1.29, 1.82) is 0 Å². The monoisotopic (exact) mass is 499 g/mol. The van der Waals surface area contributed by atoms with E-state index in [1.807, 2.05) is 6.92 Å². The first-order valence-corrected chi connectivity index (χ1v) is 12.9. The Bertz CT molecular complexity index is 925. The topological polar surface area (TPSA) is 68.5 Å². The maximum Gasteiger partial charge on any atom is 0.422 e. The zero-order valence-corrected chi connectivity index (χ0v) is 20.3. The van der Waals surface area contributed by atoms with Crippen molar-refractivity contribution < 1.29 is 27.1 Å². The summed E-state index contributed by atoms with van der Waals surface area (Å²) < 4.78 is 47.3. The zero-order valence-electron chi connectivity index (χ0n) is 19.5. The number of aryl methyl sites for hydroxylation is 1. The molecule has 2 aromatic heterocycles. The summed E-state index contributed by atoms with van der Waals surface area (Å²) in [5.74, 6) is 2.62. The fraction of sp³-hybridized carbons (Fsp3) is 0.708. The van der Waals surface area contributed by atoms with E-state index < -0.39 is 12.8 Å². The number of fused-ring (bicyclic) bond motifs is 1. The number of hydrogen-bond acceptors (Lipinski definition) is 7. The molecule has 1 fully saturated rings. The van der Waals surface area contributed by atoms with E-state index in [1.165, 1.54) is 24.2 Å². The van der Waals surface area contributed by atoms with Crippen LogP contribution in [0.3, 0.4) is 0 Å². The van der Waals surface area contributed by atoms with Gasteiger partial charge in [-0.15, -0.1) is 0 Å². The molecule has 0 atom stereocenters. The molecule has 10 heteroatoms. The van der Waals surface area contributed by atoms with E-state index in [0.29, 0.717) is 30.6 Å². The molecule has 0 radical (unpaired) electrons.